The molecule has 2 aliphatic rings. The Morgan fingerprint density at radius 2 is 1.71 bits per heavy atom. The van der Waals surface area contributed by atoms with E-state index in [0.29, 0.717) is 11.8 Å². The predicted octanol–water partition coefficient (Wildman–Crippen LogP) is 3.37. The highest BCUT2D eigenvalue weighted by Crippen LogP contribution is 2.24. The standard InChI is InChI=1S/C18H26N2O.C2HF3O2/c1-15(17-7-3-2-4-8-17)18(21)20-12-9-16(14-20)13-19-10-5-6-11-19;3-2(4,5)1(6)7/h2-4,7-8,15-16H,5-6,9-14H2,1H3;(H,6,7)/t15-,16?;/m0./s1. The molecule has 0 saturated carbocycles. The minimum Gasteiger partial charge on any atom is -0.475 e. The summed E-state index contributed by atoms with van der Waals surface area (Å²) in [5, 5.41) is 7.12. The molecule has 28 heavy (non-hydrogen) atoms. The van der Waals surface area contributed by atoms with Crippen LogP contribution in [0.5, 0.6) is 0 Å². The van der Waals surface area contributed by atoms with Crippen LogP contribution in [0, 0.1) is 5.92 Å². The Morgan fingerprint density at radius 3 is 2.25 bits per heavy atom. The van der Waals surface area contributed by atoms with E-state index in [2.05, 4.69) is 21.9 Å². The van der Waals surface area contributed by atoms with Gasteiger partial charge in [0.25, 0.3) is 0 Å². The summed E-state index contributed by atoms with van der Waals surface area (Å²) in [6, 6.07) is 10.1. The highest BCUT2D eigenvalue weighted by Gasteiger charge is 2.38. The Hall–Kier alpha value is -2.09. The van der Waals surface area contributed by atoms with Crippen LogP contribution in [0.2, 0.25) is 0 Å². The highest BCUT2D eigenvalue weighted by atomic mass is 19.4. The number of carboxylic acid groups (broad SMARTS) is 1. The lowest BCUT2D eigenvalue weighted by atomic mass is 10.00. The van der Waals surface area contributed by atoms with Crippen molar-refractivity contribution >= 4 is 11.9 Å². The van der Waals surface area contributed by atoms with Crippen LogP contribution >= 0.6 is 0 Å². The Morgan fingerprint density at radius 1 is 1.14 bits per heavy atom. The number of alkyl halides is 3. The molecule has 2 atom stereocenters. The molecule has 5 nitrogen and oxygen atoms in total. The van der Waals surface area contributed by atoms with E-state index in [9.17, 15) is 18.0 Å². The summed E-state index contributed by atoms with van der Waals surface area (Å²) in [7, 11) is 0. The molecule has 1 amide bonds. The SMILES string of the molecule is C[C@H](C(=O)N1CCC(CN2CCCC2)C1)c1ccccc1.O=C(O)C(F)(F)F. The van der Waals surface area contributed by atoms with Gasteiger partial charge in [-0.1, -0.05) is 30.3 Å². The number of amides is 1. The van der Waals surface area contributed by atoms with E-state index in [1.165, 1.54) is 38.9 Å². The molecule has 2 saturated heterocycles. The molecule has 0 spiro atoms. The molecule has 1 aromatic carbocycles. The minimum absolute atomic E-state index is 0.0169. The summed E-state index contributed by atoms with van der Waals surface area (Å²) < 4.78 is 31.7. The molecule has 1 N–H and O–H groups in total. The summed E-state index contributed by atoms with van der Waals surface area (Å²) in [6.45, 7) is 7.62. The number of halogens is 3. The average molecular weight is 400 g/mol. The van der Waals surface area contributed by atoms with Crippen molar-refractivity contribution in [2.75, 3.05) is 32.7 Å². The zero-order chi connectivity index (χ0) is 20.7. The van der Waals surface area contributed by atoms with Gasteiger partial charge in [-0.25, -0.2) is 4.79 Å². The van der Waals surface area contributed by atoms with Gasteiger partial charge in [0.05, 0.1) is 5.92 Å². The second-order valence-electron chi connectivity index (χ2n) is 7.38. The first kappa shape index (κ1) is 22.2. The fourth-order valence-corrected chi connectivity index (χ4v) is 3.67. The molecule has 0 aliphatic carbocycles. The quantitative estimate of drug-likeness (QED) is 0.842. The van der Waals surface area contributed by atoms with Crippen molar-refractivity contribution in [1.29, 1.82) is 0 Å². The van der Waals surface area contributed by atoms with Crippen LogP contribution in [0.4, 0.5) is 13.2 Å². The maximum atomic E-state index is 12.6. The largest absolute Gasteiger partial charge is 0.490 e. The van der Waals surface area contributed by atoms with Crippen LogP contribution in [0.25, 0.3) is 0 Å². The first-order chi connectivity index (χ1) is 13.2. The van der Waals surface area contributed by atoms with E-state index < -0.39 is 12.1 Å². The Bertz CT molecular complexity index is 646. The van der Waals surface area contributed by atoms with Crippen LogP contribution in [0.1, 0.15) is 37.7 Å². The fourth-order valence-electron chi connectivity index (χ4n) is 3.67. The van der Waals surface area contributed by atoms with Gasteiger partial charge >= 0.3 is 12.1 Å². The Labute approximate surface area is 163 Å². The number of hydrogen-bond donors (Lipinski definition) is 1. The van der Waals surface area contributed by atoms with Gasteiger partial charge in [0.2, 0.25) is 5.91 Å². The summed E-state index contributed by atoms with van der Waals surface area (Å²) in [5.74, 6) is -1.80. The minimum atomic E-state index is -5.08. The third kappa shape index (κ3) is 6.51. The molecule has 0 aromatic heterocycles. The molecular formula is C20H27F3N2O3. The second-order valence-corrected chi connectivity index (χ2v) is 7.38. The summed E-state index contributed by atoms with van der Waals surface area (Å²) >= 11 is 0. The van der Waals surface area contributed by atoms with E-state index in [-0.39, 0.29) is 5.92 Å². The molecule has 0 bridgehead atoms. The predicted molar refractivity (Wildman–Crippen MR) is 98.9 cm³/mol. The van der Waals surface area contributed by atoms with E-state index in [1.807, 2.05) is 25.1 Å². The lowest BCUT2D eigenvalue weighted by Crippen LogP contribution is -2.34. The Balaban J connectivity index is 0.000000345. The third-order valence-electron chi connectivity index (χ3n) is 5.23. The highest BCUT2D eigenvalue weighted by molar-refractivity contribution is 5.83. The molecule has 2 aliphatic heterocycles. The number of carbonyl (C=O) groups is 2. The number of nitrogens with zero attached hydrogens (tertiary/aromatic N) is 2. The van der Waals surface area contributed by atoms with Crippen molar-refractivity contribution in [2.45, 2.75) is 38.3 Å². The molecule has 1 unspecified atom stereocenters. The van der Waals surface area contributed by atoms with Gasteiger partial charge in [-0.15, -0.1) is 0 Å². The van der Waals surface area contributed by atoms with Crippen molar-refractivity contribution in [1.82, 2.24) is 9.80 Å². The topological polar surface area (TPSA) is 60.9 Å². The molecule has 2 heterocycles. The van der Waals surface area contributed by atoms with Gasteiger partial charge in [0, 0.05) is 19.6 Å². The van der Waals surface area contributed by atoms with Gasteiger partial charge in [0.1, 0.15) is 0 Å². The zero-order valence-corrected chi connectivity index (χ0v) is 16.0. The molecule has 3 rings (SSSR count). The van der Waals surface area contributed by atoms with Gasteiger partial charge < -0.3 is 14.9 Å². The van der Waals surface area contributed by atoms with Crippen LogP contribution < -0.4 is 0 Å². The number of carboxylic acids is 1. The van der Waals surface area contributed by atoms with Gasteiger partial charge in [0.15, 0.2) is 0 Å². The smallest absolute Gasteiger partial charge is 0.475 e. The summed E-state index contributed by atoms with van der Waals surface area (Å²) in [5.41, 5.74) is 1.13. The number of benzene rings is 1. The van der Waals surface area contributed by atoms with Crippen molar-refractivity contribution in [3.05, 3.63) is 35.9 Å². The molecule has 0 radical (unpaired) electrons. The maximum absolute atomic E-state index is 12.6. The van der Waals surface area contributed by atoms with Crippen LogP contribution in [0.3, 0.4) is 0 Å². The van der Waals surface area contributed by atoms with E-state index in [1.54, 1.807) is 0 Å². The lowest BCUT2D eigenvalue weighted by Gasteiger charge is -2.23. The van der Waals surface area contributed by atoms with Crippen molar-refractivity contribution < 1.29 is 27.9 Å². The lowest BCUT2D eigenvalue weighted by molar-refractivity contribution is -0.192. The maximum Gasteiger partial charge on any atom is 0.490 e. The first-order valence-electron chi connectivity index (χ1n) is 9.54. The third-order valence-corrected chi connectivity index (χ3v) is 5.23. The van der Waals surface area contributed by atoms with E-state index in [0.717, 1.165) is 18.7 Å². The summed E-state index contributed by atoms with van der Waals surface area (Å²) in [4.78, 5) is 26.2. The van der Waals surface area contributed by atoms with E-state index in [4.69, 9.17) is 9.90 Å². The molecular weight excluding hydrogens is 373 g/mol. The number of aliphatic carboxylic acids is 1. The normalized spacial score (nSPS) is 21.1. The summed E-state index contributed by atoms with van der Waals surface area (Å²) in [6.07, 6.45) is -1.22. The van der Waals surface area contributed by atoms with Gasteiger partial charge in [-0.05, 0) is 50.8 Å². The van der Waals surface area contributed by atoms with Crippen molar-refractivity contribution in [2.24, 2.45) is 5.92 Å². The van der Waals surface area contributed by atoms with Gasteiger partial charge in [-0.2, -0.15) is 13.2 Å². The van der Waals surface area contributed by atoms with Crippen molar-refractivity contribution in [3.63, 3.8) is 0 Å². The molecule has 156 valence electrons. The Kier molecular flexibility index (Phi) is 7.86. The first-order valence-corrected chi connectivity index (χ1v) is 9.54. The van der Waals surface area contributed by atoms with Crippen LogP contribution in [-0.2, 0) is 9.59 Å². The number of rotatable bonds is 4. The van der Waals surface area contributed by atoms with Crippen LogP contribution in [0.15, 0.2) is 30.3 Å². The fraction of sp³-hybridized carbons (Fsp3) is 0.600. The van der Waals surface area contributed by atoms with Gasteiger partial charge in [-0.3, -0.25) is 4.79 Å². The monoisotopic (exact) mass is 400 g/mol. The molecule has 8 heteroatoms. The van der Waals surface area contributed by atoms with E-state index >= 15 is 0 Å². The average Bonchev–Trinajstić information content (AvgIpc) is 3.33. The number of likely N-dealkylation sites (tertiary alicyclic amines) is 2. The number of hydrogen-bond acceptors (Lipinski definition) is 3. The number of carbonyl (C=O) groups excluding carboxylic acids is 1. The second kappa shape index (κ2) is 9.91. The van der Waals surface area contributed by atoms with Crippen molar-refractivity contribution in [3.8, 4) is 0 Å². The molecule has 1 aromatic rings. The molecule has 2 fully saturated rings. The zero-order valence-electron chi connectivity index (χ0n) is 16.0. The van der Waals surface area contributed by atoms with Crippen LogP contribution in [-0.4, -0.2) is 65.7 Å².